The van der Waals surface area contributed by atoms with E-state index in [9.17, 15) is 14.7 Å². The quantitative estimate of drug-likeness (QED) is 0.622. The van der Waals surface area contributed by atoms with Crippen molar-refractivity contribution in [2.75, 3.05) is 12.0 Å². The number of carbonyl (C=O) groups is 2. The molecule has 1 aromatic carbocycles. The van der Waals surface area contributed by atoms with Gasteiger partial charge in [0.2, 0.25) is 0 Å². The molecule has 1 amide bonds. The van der Waals surface area contributed by atoms with Crippen molar-refractivity contribution >= 4 is 23.6 Å². The van der Waals surface area contributed by atoms with E-state index in [1.807, 2.05) is 6.26 Å². The highest BCUT2D eigenvalue weighted by atomic mass is 32.2. The van der Waals surface area contributed by atoms with Crippen LogP contribution < -0.4 is 5.32 Å². The fourth-order valence-corrected chi connectivity index (χ4v) is 1.91. The molecular weight excluding hydrogens is 270 g/mol. The van der Waals surface area contributed by atoms with Crippen molar-refractivity contribution < 1.29 is 24.9 Å². The molecule has 0 saturated heterocycles. The Morgan fingerprint density at radius 2 is 2.05 bits per heavy atom. The first-order valence-electron chi connectivity index (χ1n) is 5.50. The van der Waals surface area contributed by atoms with E-state index in [-0.39, 0.29) is 11.3 Å². The molecule has 0 aliphatic heterocycles. The van der Waals surface area contributed by atoms with Gasteiger partial charge < -0.3 is 20.6 Å². The third-order valence-electron chi connectivity index (χ3n) is 2.44. The number of thioether (sulfide) groups is 1. The number of hydrogen-bond acceptors (Lipinski definition) is 5. The van der Waals surface area contributed by atoms with Gasteiger partial charge in [0.05, 0.1) is 5.56 Å². The van der Waals surface area contributed by atoms with Crippen molar-refractivity contribution in [3.05, 3.63) is 23.8 Å². The highest BCUT2D eigenvalue weighted by molar-refractivity contribution is 7.98. The van der Waals surface area contributed by atoms with Gasteiger partial charge in [0.15, 0.2) is 0 Å². The number of carboxylic acid groups (broad SMARTS) is 1. The molecule has 104 valence electrons. The predicted octanol–water partition coefficient (Wildman–Crippen LogP) is 1.03. The Labute approximate surface area is 114 Å². The first-order valence-corrected chi connectivity index (χ1v) is 6.89. The topological polar surface area (TPSA) is 107 Å². The van der Waals surface area contributed by atoms with Crippen LogP contribution in [0.2, 0.25) is 0 Å². The number of carbonyl (C=O) groups excluding carboxylic acids is 1. The lowest BCUT2D eigenvalue weighted by Crippen LogP contribution is -2.41. The third kappa shape index (κ3) is 4.36. The van der Waals surface area contributed by atoms with E-state index >= 15 is 0 Å². The summed E-state index contributed by atoms with van der Waals surface area (Å²) in [6, 6.07) is 2.49. The summed E-state index contributed by atoms with van der Waals surface area (Å²) in [6.45, 7) is 0. The lowest BCUT2D eigenvalue weighted by molar-refractivity contribution is -0.139. The van der Waals surface area contributed by atoms with E-state index in [1.54, 1.807) is 0 Å². The van der Waals surface area contributed by atoms with Gasteiger partial charge in [-0.25, -0.2) is 4.79 Å². The molecule has 0 spiro atoms. The van der Waals surface area contributed by atoms with E-state index in [4.69, 9.17) is 10.2 Å². The maximum absolute atomic E-state index is 11.8. The molecule has 1 rings (SSSR count). The van der Waals surface area contributed by atoms with Crippen LogP contribution in [0.1, 0.15) is 16.8 Å². The first kappa shape index (κ1) is 15.2. The van der Waals surface area contributed by atoms with Crippen molar-refractivity contribution in [3.8, 4) is 11.5 Å². The standard InChI is InChI=1S/C12H15NO5S/c1-19-5-4-9(12(17)18)13-11(16)8-3-2-7(14)6-10(8)15/h2-3,6,9,14-15H,4-5H2,1H3,(H,13,16)(H,17,18). The molecule has 6 nitrogen and oxygen atoms in total. The zero-order valence-electron chi connectivity index (χ0n) is 10.3. The smallest absolute Gasteiger partial charge is 0.326 e. The normalized spacial score (nSPS) is 11.8. The number of nitrogens with one attached hydrogen (secondary N) is 1. The van der Waals surface area contributed by atoms with Crippen LogP contribution in [-0.2, 0) is 4.79 Å². The molecule has 4 N–H and O–H groups in total. The van der Waals surface area contributed by atoms with Gasteiger partial charge in [0.25, 0.3) is 5.91 Å². The number of phenolic OH excluding ortho intramolecular Hbond substituents is 2. The Balaban J connectivity index is 2.78. The first-order chi connectivity index (χ1) is 8.95. The number of phenols is 2. The SMILES string of the molecule is CSCCC(NC(=O)c1ccc(O)cc1O)C(=O)O. The highest BCUT2D eigenvalue weighted by Gasteiger charge is 2.21. The van der Waals surface area contributed by atoms with Crippen LogP contribution >= 0.6 is 11.8 Å². The molecule has 0 radical (unpaired) electrons. The summed E-state index contributed by atoms with van der Waals surface area (Å²) < 4.78 is 0. The minimum atomic E-state index is -1.12. The van der Waals surface area contributed by atoms with Crippen molar-refractivity contribution in [2.45, 2.75) is 12.5 Å². The molecular formula is C12H15NO5S. The van der Waals surface area contributed by atoms with Crippen LogP contribution in [0.4, 0.5) is 0 Å². The summed E-state index contributed by atoms with van der Waals surface area (Å²) in [7, 11) is 0. The van der Waals surface area contributed by atoms with Crippen molar-refractivity contribution in [1.82, 2.24) is 5.32 Å². The molecule has 0 heterocycles. The molecule has 1 unspecified atom stereocenters. The van der Waals surface area contributed by atoms with Crippen molar-refractivity contribution in [2.24, 2.45) is 0 Å². The minimum Gasteiger partial charge on any atom is -0.508 e. The molecule has 19 heavy (non-hydrogen) atoms. The zero-order chi connectivity index (χ0) is 14.4. The number of rotatable bonds is 6. The zero-order valence-corrected chi connectivity index (χ0v) is 11.1. The van der Waals surface area contributed by atoms with Crippen molar-refractivity contribution in [3.63, 3.8) is 0 Å². The number of aliphatic carboxylic acids is 1. The van der Waals surface area contributed by atoms with E-state index in [2.05, 4.69) is 5.32 Å². The molecule has 0 aromatic heterocycles. The van der Waals surface area contributed by atoms with E-state index in [1.165, 1.54) is 23.9 Å². The molecule has 0 fully saturated rings. The van der Waals surface area contributed by atoms with Crippen LogP contribution in [0.15, 0.2) is 18.2 Å². The van der Waals surface area contributed by atoms with Crippen LogP contribution in [0.25, 0.3) is 0 Å². The number of aromatic hydroxyl groups is 2. The van der Waals surface area contributed by atoms with Crippen LogP contribution in [0, 0.1) is 0 Å². The average Bonchev–Trinajstić information content (AvgIpc) is 2.33. The second kappa shape index (κ2) is 6.89. The van der Waals surface area contributed by atoms with Gasteiger partial charge in [-0.15, -0.1) is 0 Å². The van der Waals surface area contributed by atoms with Gasteiger partial charge in [-0.05, 0) is 30.6 Å². The lowest BCUT2D eigenvalue weighted by Gasteiger charge is -2.14. The summed E-state index contributed by atoms with van der Waals surface area (Å²) in [6.07, 6.45) is 2.13. The Morgan fingerprint density at radius 1 is 1.37 bits per heavy atom. The number of hydrogen-bond donors (Lipinski definition) is 4. The maximum Gasteiger partial charge on any atom is 0.326 e. The Morgan fingerprint density at radius 3 is 2.58 bits per heavy atom. The van der Waals surface area contributed by atoms with Gasteiger partial charge >= 0.3 is 5.97 Å². The number of carboxylic acids is 1. The monoisotopic (exact) mass is 285 g/mol. The fraction of sp³-hybridized carbons (Fsp3) is 0.333. The number of amides is 1. The Bertz CT molecular complexity index is 477. The summed E-state index contributed by atoms with van der Waals surface area (Å²) >= 11 is 1.48. The molecule has 7 heteroatoms. The van der Waals surface area contributed by atoms with E-state index < -0.39 is 23.7 Å². The summed E-state index contributed by atoms with van der Waals surface area (Å²) in [5.41, 5.74) is -0.0757. The van der Waals surface area contributed by atoms with Gasteiger partial charge in [0.1, 0.15) is 17.5 Å². The molecule has 0 aliphatic rings. The van der Waals surface area contributed by atoms with Gasteiger partial charge in [0, 0.05) is 6.07 Å². The summed E-state index contributed by atoms with van der Waals surface area (Å²) in [5, 5.41) is 30.0. The van der Waals surface area contributed by atoms with Crippen LogP contribution in [0.5, 0.6) is 11.5 Å². The third-order valence-corrected chi connectivity index (χ3v) is 3.08. The molecule has 0 aliphatic carbocycles. The Hall–Kier alpha value is -1.89. The van der Waals surface area contributed by atoms with Gasteiger partial charge in [-0.3, -0.25) is 4.79 Å². The van der Waals surface area contributed by atoms with Gasteiger partial charge in [-0.2, -0.15) is 11.8 Å². The second-order valence-electron chi connectivity index (χ2n) is 3.85. The maximum atomic E-state index is 11.8. The van der Waals surface area contributed by atoms with Crippen LogP contribution in [-0.4, -0.2) is 45.2 Å². The minimum absolute atomic E-state index is 0.0757. The van der Waals surface area contributed by atoms with E-state index in [0.29, 0.717) is 12.2 Å². The largest absolute Gasteiger partial charge is 0.508 e. The molecule has 0 saturated carbocycles. The Kier molecular flexibility index (Phi) is 5.50. The van der Waals surface area contributed by atoms with Crippen LogP contribution in [0.3, 0.4) is 0 Å². The highest BCUT2D eigenvalue weighted by Crippen LogP contribution is 2.22. The van der Waals surface area contributed by atoms with E-state index in [0.717, 1.165) is 6.07 Å². The average molecular weight is 285 g/mol. The molecule has 1 aromatic rings. The van der Waals surface area contributed by atoms with Crippen molar-refractivity contribution in [1.29, 1.82) is 0 Å². The van der Waals surface area contributed by atoms with Gasteiger partial charge in [-0.1, -0.05) is 0 Å². The molecule has 0 bridgehead atoms. The summed E-state index contributed by atoms with van der Waals surface area (Å²) in [4.78, 5) is 22.8. The predicted molar refractivity (Wildman–Crippen MR) is 71.7 cm³/mol. The lowest BCUT2D eigenvalue weighted by atomic mass is 10.1. The molecule has 1 atom stereocenters. The second-order valence-corrected chi connectivity index (χ2v) is 4.83. The fourth-order valence-electron chi connectivity index (χ4n) is 1.44. The summed E-state index contributed by atoms with van der Waals surface area (Å²) in [5.74, 6) is -1.79. The number of benzene rings is 1.